The van der Waals surface area contributed by atoms with Crippen molar-refractivity contribution in [2.24, 2.45) is 7.05 Å². The lowest BCUT2D eigenvalue weighted by atomic mass is 10.2. The molecule has 22 heavy (non-hydrogen) atoms. The highest BCUT2D eigenvalue weighted by atomic mass is 79.9. The molecule has 0 saturated heterocycles. The maximum atomic E-state index is 12.2. The van der Waals surface area contributed by atoms with Crippen molar-refractivity contribution in [1.82, 2.24) is 9.55 Å². The van der Waals surface area contributed by atoms with Crippen molar-refractivity contribution in [3.05, 3.63) is 70.8 Å². The number of imidazole rings is 1. The van der Waals surface area contributed by atoms with Gasteiger partial charge in [0.15, 0.2) is 0 Å². The first-order valence-electron chi connectivity index (χ1n) is 6.79. The molecule has 1 aromatic heterocycles. The average Bonchev–Trinajstić information content (AvgIpc) is 2.89. The fraction of sp³-hybridized carbons (Fsp3) is 0.0588. The van der Waals surface area contributed by atoms with E-state index in [4.69, 9.17) is 0 Å². The number of carbonyl (C=O) groups is 1. The van der Waals surface area contributed by atoms with E-state index in [1.165, 1.54) is 0 Å². The highest BCUT2D eigenvalue weighted by Crippen LogP contribution is 2.24. The van der Waals surface area contributed by atoms with Crippen molar-refractivity contribution in [2.75, 3.05) is 5.32 Å². The van der Waals surface area contributed by atoms with Crippen LogP contribution >= 0.6 is 15.9 Å². The Kier molecular flexibility index (Phi) is 4.06. The Labute approximate surface area is 136 Å². The van der Waals surface area contributed by atoms with Gasteiger partial charge in [-0.1, -0.05) is 46.3 Å². The largest absolute Gasteiger partial charge is 0.313 e. The first kappa shape index (κ1) is 14.5. The Balaban J connectivity index is 1.87. The smallest absolute Gasteiger partial charge is 0.257 e. The lowest BCUT2D eigenvalue weighted by molar-refractivity contribution is 0.102. The Morgan fingerprint density at radius 1 is 1.14 bits per heavy atom. The van der Waals surface area contributed by atoms with Crippen LogP contribution in [0.4, 0.5) is 5.95 Å². The van der Waals surface area contributed by atoms with E-state index in [0.29, 0.717) is 11.5 Å². The molecule has 0 unspecified atom stereocenters. The molecule has 0 aliphatic heterocycles. The van der Waals surface area contributed by atoms with Gasteiger partial charge < -0.3 is 4.57 Å². The minimum Gasteiger partial charge on any atom is -0.313 e. The summed E-state index contributed by atoms with van der Waals surface area (Å²) in [6, 6.07) is 17.0. The van der Waals surface area contributed by atoms with Gasteiger partial charge in [0, 0.05) is 22.6 Å². The molecule has 0 aliphatic carbocycles. The highest BCUT2D eigenvalue weighted by molar-refractivity contribution is 9.10. The summed E-state index contributed by atoms with van der Waals surface area (Å²) >= 11 is 3.46. The van der Waals surface area contributed by atoms with E-state index in [0.717, 1.165) is 15.7 Å². The molecule has 110 valence electrons. The van der Waals surface area contributed by atoms with E-state index >= 15 is 0 Å². The second-order valence-corrected chi connectivity index (χ2v) is 5.77. The first-order chi connectivity index (χ1) is 10.6. The molecule has 0 radical (unpaired) electrons. The number of halogens is 1. The molecule has 0 fully saturated rings. The second-order valence-electron chi connectivity index (χ2n) is 4.86. The van der Waals surface area contributed by atoms with Crippen LogP contribution in [0.25, 0.3) is 11.3 Å². The molecule has 5 heteroatoms. The van der Waals surface area contributed by atoms with Crippen LogP contribution in [0.2, 0.25) is 0 Å². The van der Waals surface area contributed by atoms with Gasteiger partial charge >= 0.3 is 0 Å². The van der Waals surface area contributed by atoms with Gasteiger partial charge in [-0.2, -0.15) is 0 Å². The fourth-order valence-electron chi connectivity index (χ4n) is 2.20. The van der Waals surface area contributed by atoms with Crippen LogP contribution in [-0.4, -0.2) is 15.5 Å². The predicted molar refractivity (Wildman–Crippen MR) is 90.7 cm³/mol. The number of carbonyl (C=O) groups excluding carboxylic acids is 1. The van der Waals surface area contributed by atoms with E-state index < -0.39 is 0 Å². The molecule has 0 bridgehead atoms. The molecule has 0 spiro atoms. The second kappa shape index (κ2) is 6.15. The number of nitrogens with zero attached hydrogens (tertiary/aromatic N) is 2. The van der Waals surface area contributed by atoms with Gasteiger partial charge in [0.1, 0.15) is 0 Å². The zero-order valence-electron chi connectivity index (χ0n) is 12.0. The van der Waals surface area contributed by atoms with Gasteiger partial charge in [-0.3, -0.25) is 10.1 Å². The topological polar surface area (TPSA) is 46.9 Å². The molecule has 1 heterocycles. The number of amides is 1. The third-order valence-corrected chi connectivity index (χ3v) is 3.86. The SMILES string of the molecule is Cn1c(-c2cccc(Br)c2)cnc1NC(=O)c1ccccc1. The van der Waals surface area contributed by atoms with Gasteiger partial charge in [-0.15, -0.1) is 0 Å². The predicted octanol–water partition coefficient (Wildman–Crippen LogP) is 4.10. The maximum absolute atomic E-state index is 12.2. The van der Waals surface area contributed by atoms with Gasteiger partial charge in [0.25, 0.3) is 5.91 Å². The van der Waals surface area contributed by atoms with Crippen LogP contribution in [0, 0.1) is 0 Å². The molecule has 1 N–H and O–H groups in total. The zero-order chi connectivity index (χ0) is 15.5. The molecular weight excluding hydrogens is 342 g/mol. The van der Waals surface area contributed by atoms with Gasteiger partial charge in [0.05, 0.1) is 11.9 Å². The Hall–Kier alpha value is -2.40. The summed E-state index contributed by atoms with van der Waals surface area (Å²) in [7, 11) is 1.88. The summed E-state index contributed by atoms with van der Waals surface area (Å²) in [6.45, 7) is 0. The molecule has 4 nitrogen and oxygen atoms in total. The van der Waals surface area contributed by atoms with Crippen LogP contribution in [0.3, 0.4) is 0 Å². The number of rotatable bonds is 3. The summed E-state index contributed by atoms with van der Waals surface area (Å²) in [6.07, 6.45) is 1.75. The van der Waals surface area contributed by atoms with Crippen molar-refractivity contribution in [3.63, 3.8) is 0 Å². The Bertz CT molecular complexity index is 812. The number of benzene rings is 2. The summed E-state index contributed by atoms with van der Waals surface area (Å²) < 4.78 is 2.86. The van der Waals surface area contributed by atoms with Crippen molar-refractivity contribution < 1.29 is 4.79 Å². The normalized spacial score (nSPS) is 10.5. The summed E-state index contributed by atoms with van der Waals surface area (Å²) in [5.41, 5.74) is 2.57. The van der Waals surface area contributed by atoms with Gasteiger partial charge in [-0.25, -0.2) is 4.98 Å². The van der Waals surface area contributed by atoms with E-state index in [9.17, 15) is 4.79 Å². The van der Waals surface area contributed by atoms with Crippen molar-refractivity contribution >= 4 is 27.8 Å². The average molecular weight is 356 g/mol. The zero-order valence-corrected chi connectivity index (χ0v) is 13.5. The van der Waals surface area contributed by atoms with Gasteiger partial charge in [-0.05, 0) is 24.3 Å². The van der Waals surface area contributed by atoms with E-state index in [-0.39, 0.29) is 5.91 Å². The van der Waals surface area contributed by atoms with Crippen molar-refractivity contribution in [1.29, 1.82) is 0 Å². The van der Waals surface area contributed by atoms with E-state index in [2.05, 4.69) is 26.2 Å². The summed E-state index contributed by atoms with van der Waals surface area (Å²) in [5, 5.41) is 2.83. The number of nitrogens with one attached hydrogen (secondary N) is 1. The lowest BCUT2D eigenvalue weighted by Gasteiger charge is -2.08. The standard InChI is InChI=1S/C17H14BrN3O/c1-21-15(13-8-5-9-14(18)10-13)11-19-17(21)20-16(22)12-6-3-2-4-7-12/h2-11H,1H3,(H,19,20,22). The molecule has 0 atom stereocenters. The highest BCUT2D eigenvalue weighted by Gasteiger charge is 2.12. The van der Waals surface area contributed by atoms with Gasteiger partial charge in [0.2, 0.25) is 5.95 Å². The minimum absolute atomic E-state index is 0.171. The Morgan fingerprint density at radius 3 is 2.64 bits per heavy atom. The number of anilines is 1. The molecule has 2 aromatic carbocycles. The maximum Gasteiger partial charge on any atom is 0.257 e. The van der Waals surface area contributed by atoms with Crippen LogP contribution in [0.15, 0.2) is 65.3 Å². The monoisotopic (exact) mass is 355 g/mol. The molecule has 3 aromatic rings. The number of aromatic nitrogens is 2. The van der Waals surface area contributed by atoms with Crippen LogP contribution in [0.1, 0.15) is 10.4 Å². The molecular formula is C17H14BrN3O. The summed E-state index contributed by atoms with van der Waals surface area (Å²) in [5.74, 6) is 0.346. The molecule has 0 aliphatic rings. The third kappa shape index (κ3) is 2.94. The third-order valence-electron chi connectivity index (χ3n) is 3.37. The van der Waals surface area contributed by atoms with E-state index in [1.807, 2.05) is 54.1 Å². The minimum atomic E-state index is -0.171. The quantitative estimate of drug-likeness (QED) is 0.768. The van der Waals surface area contributed by atoms with Crippen molar-refractivity contribution in [2.45, 2.75) is 0 Å². The van der Waals surface area contributed by atoms with Crippen LogP contribution < -0.4 is 5.32 Å². The van der Waals surface area contributed by atoms with E-state index in [1.54, 1.807) is 18.3 Å². The summed E-state index contributed by atoms with van der Waals surface area (Å²) in [4.78, 5) is 16.5. The molecule has 0 saturated carbocycles. The first-order valence-corrected chi connectivity index (χ1v) is 7.58. The number of hydrogen-bond donors (Lipinski definition) is 1. The Morgan fingerprint density at radius 2 is 1.91 bits per heavy atom. The van der Waals surface area contributed by atoms with Crippen molar-refractivity contribution in [3.8, 4) is 11.3 Å². The van der Waals surface area contributed by atoms with Crippen LogP contribution in [-0.2, 0) is 7.05 Å². The van der Waals surface area contributed by atoms with Crippen LogP contribution in [0.5, 0.6) is 0 Å². The molecule has 3 rings (SSSR count). The fourth-order valence-corrected chi connectivity index (χ4v) is 2.60. The number of hydrogen-bond acceptors (Lipinski definition) is 2. The lowest BCUT2D eigenvalue weighted by Crippen LogP contribution is -2.15. The molecule has 1 amide bonds.